The Bertz CT molecular complexity index is 1470. The predicted molar refractivity (Wildman–Crippen MR) is 359 cm³/mol. The molecule has 84 heavy (non-hydrogen) atoms. The van der Waals surface area contributed by atoms with Crippen molar-refractivity contribution in [2.75, 3.05) is 13.2 Å². The molecular weight excluding hydrogens is 1040 g/mol. The van der Waals surface area contributed by atoms with Crippen LogP contribution in [0.25, 0.3) is 0 Å². The largest absolute Gasteiger partial charge is 0.394 e. The van der Waals surface area contributed by atoms with Gasteiger partial charge in [0.2, 0.25) is 5.91 Å². The van der Waals surface area contributed by atoms with Crippen LogP contribution in [0, 0.1) is 0 Å². The minimum Gasteiger partial charge on any atom is -0.394 e. The molecule has 1 saturated heterocycles. The zero-order valence-electron chi connectivity index (χ0n) is 55.4. The molecule has 0 radical (unpaired) electrons. The number of carbonyl (C=O) groups is 1. The second kappa shape index (κ2) is 64.1. The smallest absolute Gasteiger partial charge is 0.220 e. The van der Waals surface area contributed by atoms with Gasteiger partial charge in [-0.25, -0.2) is 0 Å². The number of nitrogens with one attached hydrogen (secondary N) is 1. The lowest BCUT2D eigenvalue weighted by atomic mass is 9.99. The highest BCUT2D eigenvalue weighted by Crippen LogP contribution is 2.24. The molecule has 6 N–H and O–H groups in total. The van der Waals surface area contributed by atoms with Gasteiger partial charge < -0.3 is 40.3 Å². The van der Waals surface area contributed by atoms with Crippen molar-refractivity contribution in [1.29, 1.82) is 0 Å². The Morgan fingerprint density at radius 2 is 0.702 bits per heavy atom. The summed E-state index contributed by atoms with van der Waals surface area (Å²) in [7, 11) is 0. The second-order valence-corrected chi connectivity index (χ2v) is 25.7. The molecule has 0 spiro atoms. The number of amides is 1. The number of allylic oxidation sites excluding steroid dienone is 7. The molecule has 0 aromatic rings. The summed E-state index contributed by atoms with van der Waals surface area (Å²) >= 11 is 0. The van der Waals surface area contributed by atoms with Crippen LogP contribution in [0.5, 0.6) is 0 Å². The van der Waals surface area contributed by atoms with Gasteiger partial charge in [-0.1, -0.05) is 351 Å². The summed E-state index contributed by atoms with van der Waals surface area (Å²) in [6.45, 7) is 3.82. The van der Waals surface area contributed by atoms with Crippen molar-refractivity contribution >= 4 is 5.91 Å². The molecule has 9 nitrogen and oxygen atoms in total. The summed E-state index contributed by atoms with van der Waals surface area (Å²) in [5.41, 5.74) is 0. The maximum atomic E-state index is 13.1. The van der Waals surface area contributed by atoms with Crippen molar-refractivity contribution in [2.24, 2.45) is 0 Å². The molecule has 9 heteroatoms. The third-order valence-electron chi connectivity index (χ3n) is 17.6. The zero-order valence-corrected chi connectivity index (χ0v) is 55.4. The van der Waals surface area contributed by atoms with Crippen molar-refractivity contribution in [3.8, 4) is 0 Å². The average Bonchev–Trinajstić information content (AvgIpc) is 3.70. The highest BCUT2D eigenvalue weighted by molar-refractivity contribution is 5.76. The normalized spacial score (nSPS) is 18.4. The van der Waals surface area contributed by atoms with Crippen molar-refractivity contribution < 1.29 is 39.8 Å². The first-order valence-electron chi connectivity index (χ1n) is 36.9. The Kier molecular flexibility index (Phi) is 61.2. The van der Waals surface area contributed by atoms with E-state index in [1.165, 1.54) is 295 Å². The SMILES string of the molecule is CCCCCCC/C=C\C/C=C\C/C=C\CCCCCCCCCCCCCCCCCCCCCCCCC(=O)NC(COC1OC(CO)C(O)C(O)C1O)C(O)/C=C/CCCCCCCCCCCCCCCCCCCCCCCC. The van der Waals surface area contributed by atoms with Gasteiger partial charge in [-0.2, -0.15) is 0 Å². The van der Waals surface area contributed by atoms with Crippen LogP contribution in [0.2, 0.25) is 0 Å². The highest BCUT2D eigenvalue weighted by atomic mass is 16.7. The Hall–Kier alpha value is -1.85. The first-order chi connectivity index (χ1) is 41.3. The van der Waals surface area contributed by atoms with Crippen molar-refractivity contribution in [1.82, 2.24) is 5.32 Å². The van der Waals surface area contributed by atoms with Gasteiger partial charge in [0.25, 0.3) is 0 Å². The lowest BCUT2D eigenvalue weighted by molar-refractivity contribution is -0.302. The van der Waals surface area contributed by atoms with E-state index in [9.17, 15) is 30.3 Å². The molecule has 0 aromatic heterocycles. The number of ether oxygens (including phenoxy) is 2. The topological polar surface area (TPSA) is 149 Å². The minimum absolute atomic E-state index is 0.169. The third-order valence-corrected chi connectivity index (χ3v) is 17.6. The summed E-state index contributed by atoms with van der Waals surface area (Å²) in [6.07, 6.45) is 80.9. The summed E-state index contributed by atoms with van der Waals surface area (Å²) in [5.74, 6) is -0.169. The van der Waals surface area contributed by atoms with E-state index < -0.39 is 49.5 Å². The number of aliphatic hydroxyl groups excluding tert-OH is 5. The fourth-order valence-electron chi connectivity index (χ4n) is 11.9. The molecule has 0 aromatic carbocycles. The number of hydrogen-bond donors (Lipinski definition) is 6. The van der Waals surface area contributed by atoms with Crippen LogP contribution in [0.3, 0.4) is 0 Å². The lowest BCUT2D eigenvalue weighted by Gasteiger charge is -2.40. The Balaban J connectivity index is 2.08. The molecular formula is C75H141NO8. The van der Waals surface area contributed by atoms with Gasteiger partial charge >= 0.3 is 0 Å². The average molecular weight is 1180 g/mol. The lowest BCUT2D eigenvalue weighted by Crippen LogP contribution is -2.60. The number of aliphatic hydroxyl groups is 5. The van der Waals surface area contributed by atoms with Crippen LogP contribution in [-0.4, -0.2) is 87.5 Å². The van der Waals surface area contributed by atoms with Crippen LogP contribution < -0.4 is 5.32 Å². The molecule has 1 heterocycles. The molecule has 1 aliphatic heterocycles. The monoisotopic (exact) mass is 1180 g/mol. The molecule has 0 aliphatic carbocycles. The fraction of sp³-hybridized carbons (Fsp3) is 0.880. The minimum atomic E-state index is -1.57. The quantitative estimate of drug-likeness (QED) is 0.0261. The van der Waals surface area contributed by atoms with E-state index in [0.717, 1.165) is 51.4 Å². The molecule has 7 unspecified atom stereocenters. The van der Waals surface area contributed by atoms with Crippen LogP contribution in [-0.2, 0) is 14.3 Å². The summed E-state index contributed by atoms with van der Waals surface area (Å²) in [6, 6.07) is -0.805. The number of unbranched alkanes of at least 4 members (excludes halogenated alkanes) is 49. The Morgan fingerprint density at radius 3 is 1.04 bits per heavy atom. The first-order valence-corrected chi connectivity index (χ1v) is 36.9. The predicted octanol–water partition coefficient (Wildman–Crippen LogP) is 20.4. The van der Waals surface area contributed by atoms with Gasteiger partial charge in [0, 0.05) is 6.42 Å². The van der Waals surface area contributed by atoms with E-state index in [-0.39, 0.29) is 12.5 Å². The van der Waals surface area contributed by atoms with Crippen LogP contribution in [0.15, 0.2) is 48.6 Å². The zero-order chi connectivity index (χ0) is 60.7. The van der Waals surface area contributed by atoms with Gasteiger partial charge in [-0.05, 0) is 57.8 Å². The molecule has 494 valence electrons. The van der Waals surface area contributed by atoms with Crippen LogP contribution >= 0.6 is 0 Å². The summed E-state index contributed by atoms with van der Waals surface area (Å²) < 4.78 is 11.3. The van der Waals surface area contributed by atoms with Gasteiger partial charge in [-0.15, -0.1) is 0 Å². The third kappa shape index (κ3) is 52.1. The van der Waals surface area contributed by atoms with E-state index in [1.807, 2.05) is 6.08 Å². The molecule has 1 rings (SSSR count). The molecule has 0 bridgehead atoms. The second-order valence-electron chi connectivity index (χ2n) is 25.7. The van der Waals surface area contributed by atoms with E-state index in [1.54, 1.807) is 6.08 Å². The standard InChI is InChI=1S/C75H141NO8/c1-3-5-7-9-11-13-15-17-19-21-23-25-27-29-30-31-32-33-34-35-36-37-38-39-40-41-43-45-47-49-51-53-55-57-59-61-63-65-71(79)76-68(67-83-75-74(82)73(81)72(80)70(66-77)84-75)69(78)64-62-60-58-56-54-52-50-48-46-44-42-28-26-24-22-20-18-16-14-12-10-8-6-4-2/h15,17,21,23,27,29,62,64,68-70,72-75,77-78,80-82H,3-14,16,18-20,22,24-26,28,30-61,63,65-67H2,1-2H3,(H,76,79)/b17-15-,23-21-,29-27-,64-62+. The molecule has 1 aliphatic rings. The van der Waals surface area contributed by atoms with E-state index in [0.29, 0.717) is 6.42 Å². The van der Waals surface area contributed by atoms with E-state index in [4.69, 9.17) is 9.47 Å². The van der Waals surface area contributed by atoms with E-state index >= 15 is 0 Å². The van der Waals surface area contributed by atoms with Gasteiger partial charge in [0.05, 0.1) is 25.4 Å². The van der Waals surface area contributed by atoms with Crippen LogP contribution in [0.1, 0.15) is 367 Å². The van der Waals surface area contributed by atoms with Gasteiger partial charge in [0.15, 0.2) is 6.29 Å². The molecule has 1 fully saturated rings. The number of rotatable bonds is 65. The van der Waals surface area contributed by atoms with E-state index in [2.05, 4.69) is 55.6 Å². The van der Waals surface area contributed by atoms with Crippen molar-refractivity contribution in [2.45, 2.75) is 410 Å². The van der Waals surface area contributed by atoms with Crippen molar-refractivity contribution in [3.63, 3.8) is 0 Å². The Morgan fingerprint density at radius 1 is 0.405 bits per heavy atom. The Labute approximate surface area is 520 Å². The maximum Gasteiger partial charge on any atom is 0.220 e. The van der Waals surface area contributed by atoms with Gasteiger partial charge in [0.1, 0.15) is 24.4 Å². The maximum absolute atomic E-state index is 13.1. The number of hydrogen-bond acceptors (Lipinski definition) is 8. The summed E-state index contributed by atoms with van der Waals surface area (Å²) in [5, 5.41) is 54.8. The fourth-order valence-corrected chi connectivity index (χ4v) is 11.9. The van der Waals surface area contributed by atoms with Crippen molar-refractivity contribution in [3.05, 3.63) is 48.6 Å². The highest BCUT2D eigenvalue weighted by Gasteiger charge is 2.44. The van der Waals surface area contributed by atoms with Gasteiger partial charge in [-0.3, -0.25) is 4.79 Å². The number of carbonyl (C=O) groups excluding carboxylic acids is 1. The first kappa shape index (κ1) is 80.2. The molecule has 7 atom stereocenters. The van der Waals surface area contributed by atoms with Crippen LogP contribution in [0.4, 0.5) is 0 Å². The summed E-state index contributed by atoms with van der Waals surface area (Å²) in [4.78, 5) is 13.1. The molecule has 1 amide bonds. The molecule has 0 saturated carbocycles.